The van der Waals surface area contributed by atoms with E-state index in [0.29, 0.717) is 32.5 Å². The van der Waals surface area contributed by atoms with Crippen molar-refractivity contribution in [3.8, 4) is 0 Å². The number of aliphatic carboxylic acids is 1. The minimum atomic E-state index is -1.000. The van der Waals surface area contributed by atoms with Crippen molar-refractivity contribution < 1.29 is 19.5 Å². The van der Waals surface area contributed by atoms with E-state index in [2.05, 4.69) is 0 Å². The van der Waals surface area contributed by atoms with Gasteiger partial charge in [-0.05, 0) is 19.8 Å². The first kappa shape index (κ1) is 16.3. The molecule has 1 N–H and O–H groups in total. The molecule has 0 spiro atoms. The Morgan fingerprint density at radius 3 is 2.15 bits per heavy atom. The van der Waals surface area contributed by atoms with Gasteiger partial charge < -0.3 is 19.8 Å². The molecule has 0 aliphatic carbocycles. The van der Waals surface area contributed by atoms with Gasteiger partial charge in [0, 0.05) is 39.6 Å². The lowest BCUT2D eigenvalue weighted by atomic mass is 9.95. The van der Waals surface area contributed by atoms with Crippen molar-refractivity contribution >= 4 is 17.9 Å². The maximum absolute atomic E-state index is 12.2. The summed E-state index contributed by atoms with van der Waals surface area (Å²) in [7, 11) is 3.40. The zero-order chi connectivity index (χ0) is 15.3. The Kier molecular flexibility index (Phi) is 5.79. The first-order valence-electron chi connectivity index (χ1n) is 6.83. The number of carboxylic acids is 1. The molecule has 7 nitrogen and oxygen atoms in total. The average molecular weight is 285 g/mol. The molecule has 0 saturated carbocycles. The lowest BCUT2D eigenvalue weighted by molar-refractivity contribution is -0.146. The van der Waals surface area contributed by atoms with E-state index in [-0.39, 0.29) is 24.4 Å². The van der Waals surface area contributed by atoms with Crippen LogP contribution in [0, 0.1) is 5.92 Å². The van der Waals surface area contributed by atoms with Crippen molar-refractivity contribution in [2.24, 2.45) is 5.92 Å². The van der Waals surface area contributed by atoms with Gasteiger partial charge >= 0.3 is 12.0 Å². The Morgan fingerprint density at radius 2 is 1.75 bits per heavy atom. The Labute approximate surface area is 119 Å². The van der Waals surface area contributed by atoms with Gasteiger partial charge in [0.05, 0.1) is 0 Å². The molecule has 1 aliphatic rings. The van der Waals surface area contributed by atoms with Crippen LogP contribution in [0.1, 0.15) is 19.8 Å². The summed E-state index contributed by atoms with van der Waals surface area (Å²) in [5.41, 5.74) is 0. The number of hydrogen-bond donors (Lipinski definition) is 1. The number of amides is 3. The number of urea groups is 1. The molecule has 0 atom stereocenters. The van der Waals surface area contributed by atoms with E-state index in [1.165, 1.54) is 9.80 Å². The quantitative estimate of drug-likeness (QED) is 0.806. The van der Waals surface area contributed by atoms with Crippen LogP contribution < -0.4 is 0 Å². The molecule has 0 aromatic rings. The van der Waals surface area contributed by atoms with Gasteiger partial charge in [-0.25, -0.2) is 4.79 Å². The van der Waals surface area contributed by atoms with Crippen molar-refractivity contribution in [1.82, 2.24) is 14.7 Å². The Hall–Kier alpha value is -1.79. The first-order chi connectivity index (χ1) is 9.36. The van der Waals surface area contributed by atoms with Crippen LogP contribution in [0.4, 0.5) is 4.79 Å². The van der Waals surface area contributed by atoms with Gasteiger partial charge in [0.2, 0.25) is 5.91 Å². The summed E-state index contributed by atoms with van der Waals surface area (Å²) in [5.74, 6) is -1.30. The molecule has 0 bridgehead atoms. The largest absolute Gasteiger partial charge is 0.480 e. The lowest BCUT2D eigenvalue weighted by Crippen LogP contribution is -2.47. The van der Waals surface area contributed by atoms with Crippen molar-refractivity contribution in [3.63, 3.8) is 0 Å². The van der Waals surface area contributed by atoms with Gasteiger partial charge in [0.1, 0.15) is 6.54 Å². The second-order valence-corrected chi connectivity index (χ2v) is 5.18. The molecule has 0 aromatic carbocycles. The van der Waals surface area contributed by atoms with Crippen molar-refractivity contribution in [1.29, 1.82) is 0 Å². The average Bonchev–Trinajstić information content (AvgIpc) is 2.43. The van der Waals surface area contributed by atoms with Crippen molar-refractivity contribution in [2.75, 3.05) is 40.3 Å². The number of hydrogen-bond acceptors (Lipinski definition) is 3. The number of likely N-dealkylation sites (N-methyl/N-ethyl adjacent to an activating group) is 1. The SMILES string of the molecule is CCN(CC(=O)O)C(=O)C1CCN(C(=O)N(C)C)CC1. The van der Waals surface area contributed by atoms with Crippen molar-refractivity contribution in [2.45, 2.75) is 19.8 Å². The summed E-state index contributed by atoms with van der Waals surface area (Å²) in [4.78, 5) is 39.3. The zero-order valence-electron chi connectivity index (χ0n) is 12.3. The third kappa shape index (κ3) is 4.11. The summed E-state index contributed by atoms with van der Waals surface area (Å²) < 4.78 is 0. The first-order valence-corrected chi connectivity index (χ1v) is 6.83. The fourth-order valence-corrected chi connectivity index (χ4v) is 2.37. The van der Waals surface area contributed by atoms with E-state index in [0.717, 1.165) is 0 Å². The van der Waals surface area contributed by atoms with E-state index in [1.807, 2.05) is 0 Å². The number of carbonyl (C=O) groups excluding carboxylic acids is 2. The molecule has 1 rings (SSSR count). The van der Waals surface area contributed by atoms with Gasteiger partial charge in [-0.1, -0.05) is 0 Å². The van der Waals surface area contributed by atoms with E-state index in [4.69, 9.17) is 5.11 Å². The van der Waals surface area contributed by atoms with Crippen LogP contribution in [-0.4, -0.2) is 78.0 Å². The molecular weight excluding hydrogens is 262 g/mol. The Bertz CT molecular complexity index is 376. The van der Waals surface area contributed by atoms with E-state index in [9.17, 15) is 14.4 Å². The minimum absolute atomic E-state index is 0.0474. The molecule has 0 aromatic heterocycles. The number of carboxylic acid groups (broad SMARTS) is 1. The van der Waals surface area contributed by atoms with Crippen LogP contribution in [0.25, 0.3) is 0 Å². The van der Waals surface area contributed by atoms with Gasteiger partial charge in [0.25, 0.3) is 0 Å². The molecule has 3 amide bonds. The van der Waals surface area contributed by atoms with Crippen LogP contribution in [0.2, 0.25) is 0 Å². The summed E-state index contributed by atoms with van der Waals surface area (Å²) in [6.45, 7) is 2.98. The third-order valence-corrected chi connectivity index (χ3v) is 3.52. The van der Waals surface area contributed by atoms with Gasteiger partial charge in [-0.15, -0.1) is 0 Å². The standard InChI is InChI=1S/C13H23N3O4/c1-4-15(9-11(17)18)12(19)10-5-7-16(8-6-10)13(20)14(2)3/h10H,4-9H2,1-3H3,(H,17,18). The number of piperidine rings is 1. The Balaban J connectivity index is 2.53. The minimum Gasteiger partial charge on any atom is -0.480 e. The number of nitrogens with zero attached hydrogens (tertiary/aromatic N) is 3. The Morgan fingerprint density at radius 1 is 1.20 bits per heavy atom. The highest BCUT2D eigenvalue weighted by Crippen LogP contribution is 2.20. The molecule has 1 saturated heterocycles. The van der Waals surface area contributed by atoms with Crippen molar-refractivity contribution in [3.05, 3.63) is 0 Å². The zero-order valence-corrected chi connectivity index (χ0v) is 12.3. The smallest absolute Gasteiger partial charge is 0.323 e. The topological polar surface area (TPSA) is 81.2 Å². The number of likely N-dealkylation sites (tertiary alicyclic amines) is 1. The predicted octanol–water partition coefficient (Wildman–Crippen LogP) is 0.313. The normalized spacial score (nSPS) is 15.8. The second-order valence-electron chi connectivity index (χ2n) is 5.18. The third-order valence-electron chi connectivity index (χ3n) is 3.52. The van der Waals surface area contributed by atoms with Gasteiger partial charge in [-0.3, -0.25) is 9.59 Å². The fourth-order valence-electron chi connectivity index (χ4n) is 2.37. The summed E-state index contributed by atoms with van der Waals surface area (Å²) in [5, 5.41) is 8.79. The van der Waals surface area contributed by atoms with Crippen LogP contribution >= 0.6 is 0 Å². The molecular formula is C13H23N3O4. The molecule has 20 heavy (non-hydrogen) atoms. The highest BCUT2D eigenvalue weighted by atomic mass is 16.4. The maximum atomic E-state index is 12.2. The predicted molar refractivity (Wildman–Crippen MR) is 73.3 cm³/mol. The highest BCUT2D eigenvalue weighted by molar-refractivity contribution is 5.83. The summed E-state index contributed by atoms with van der Waals surface area (Å²) >= 11 is 0. The van der Waals surface area contributed by atoms with Gasteiger partial charge in [0.15, 0.2) is 0 Å². The molecule has 1 aliphatic heterocycles. The summed E-state index contributed by atoms with van der Waals surface area (Å²) in [6.07, 6.45) is 1.18. The van der Waals surface area contributed by atoms with E-state index >= 15 is 0 Å². The molecule has 1 heterocycles. The molecule has 1 fully saturated rings. The fraction of sp³-hybridized carbons (Fsp3) is 0.769. The second kappa shape index (κ2) is 7.12. The molecule has 7 heteroatoms. The van der Waals surface area contributed by atoms with E-state index in [1.54, 1.807) is 25.9 Å². The maximum Gasteiger partial charge on any atom is 0.323 e. The number of carbonyl (C=O) groups is 3. The van der Waals surface area contributed by atoms with Crippen LogP contribution in [0.5, 0.6) is 0 Å². The molecule has 114 valence electrons. The van der Waals surface area contributed by atoms with Crippen LogP contribution in [0.15, 0.2) is 0 Å². The lowest BCUT2D eigenvalue weighted by Gasteiger charge is -2.34. The highest BCUT2D eigenvalue weighted by Gasteiger charge is 2.30. The number of rotatable bonds is 4. The summed E-state index contributed by atoms with van der Waals surface area (Å²) in [6, 6.07) is -0.0474. The van der Waals surface area contributed by atoms with Gasteiger partial charge in [-0.2, -0.15) is 0 Å². The molecule has 0 radical (unpaired) electrons. The van der Waals surface area contributed by atoms with Crippen LogP contribution in [-0.2, 0) is 9.59 Å². The van der Waals surface area contributed by atoms with Crippen LogP contribution in [0.3, 0.4) is 0 Å². The monoisotopic (exact) mass is 285 g/mol. The molecule has 0 unspecified atom stereocenters. The van der Waals surface area contributed by atoms with E-state index < -0.39 is 5.97 Å².